The Bertz CT molecular complexity index is 449. The number of nitrogens with one attached hydrogen (secondary N) is 1. The van der Waals surface area contributed by atoms with Crippen molar-refractivity contribution in [1.82, 2.24) is 9.88 Å². The van der Waals surface area contributed by atoms with Crippen molar-refractivity contribution in [1.29, 1.82) is 5.41 Å². The van der Waals surface area contributed by atoms with Gasteiger partial charge in [-0.25, -0.2) is 4.98 Å². The summed E-state index contributed by atoms with van der Waals surface area (Å²) in [6.07, 6.45) is 0. The van der Waals surface area contributed by atoms with Crippen LogP contribution in [0, 0.1) is 12.3 Å². The predicted molar refractivity (Wildman–Crippen MR) is 82.5 cm³/mol. The third-order valence-corrected chi connectivity index (χ3v) is 3.17. The highest BCUT2D eigenvalue weighted by molar-refractivity contribution is 5.95. The second-order valence-electron chi connectivity index (χ2n) is 5.52. The first kappa shape index (κ1) is 16.4. The molecule has 1 aromatic heterocycles. The third kappa shape index (κ3) is 4.81. The van der Waals surface area contributed by atoms with Crippen LogP contribution < -0.4 is 10.5 Å². The van der Waals surface area contributed by atoms with Gasteiger partial charge < -0.3 is 10.5 Å². The Morgan fingerprint density at radius 1 is 1.30 bits per heavy atom. The summed E-state index contributed by atoms with van der Waals surface area (Å²) < 4.78 is 5.70. The van der Waals surface area contributed by atoms with Crippen LogP contribution in [0.15, 0.2) is 12.1 Å². The van der Waals surface area contributed by atoms with Gasteiger partial charge in [-0.15, -0.1) is 0 Å². The van der Waals surface area contributed by atoms with Crippen LogP contribution >= 0.6 is 0 Å². The fourth-order valence-electron chi connectivity index (χ4n) is 2.24. The molecule has 0 radical (unpaired) electrons. The SMILES string of the molecule is Cc1cc(C(=N)N)cc(OCCN(C(C)C)C(C)C)n1. The van der Waals surface area contributed by atoms with Gasteiger partial charge in [0.1, 0.15) is 12.4 Å². The molecular weight excluding hydrogens is 252 g/mol. The molecule has 0 fully saturated rings. The number of aromatic nitrogens is 1. The zero-order chi connectivity index (χ0) is 15.3. The molecule has 0 saturated carbocycles. The normalized spacial score (nSPS) is 11.4. The van der Waals surface area contributed by atoms with Gasteiger partial charge in [0.05, 0.1) is 0 Å². The van der Waals surface area contributed by atoms with Crippen LogP contribution in [-0.2, 0) is 0 Å². The van der Waals surface area contributed by atoms with E-state index in [1.807, 2.05) is 6.92 Å². The standard InChI is InChI=1S/C15H26N4O/c1-10(2)19(11(3)4)6-7-20-14-9-13(15(16)17)8-12(5)18-14/h8-11H,6-7H2,1-5H3,(H3,16,17). The average Bonchev–Trinajstić information content (AvgIpc) is 2.32. The van der Waals surface area contributed by atoms with E-state index in [1.54, 1.807) is 12.1 Å². The van der Waals surface area contributed by atoms with Gasteiger partial charge in [0.25, 0.3) is 0 Å². The van der Waals surface area contributed by atoms with Gasteiger partial charge >= 0.3 is 0 Å². The Labute approximate surface area is 121 Å². The molecule has 0 spiro atoms. The molecule has 0 bridgehead atoms. The topological polar surface area (TPSA) is 75.2 Å². The second kappa shape index (κ2) is 7.24. The summed E-state index contributed by atoms with van der Waals surface area (Å²) in [5.41, 5.74) is 6.95. The first-order chi connectivity index (χ1) is 9.31. The maximum atomic E-state index is 7.47. The van der Waals surface area contributed by atoms with Crippen LogP contribution in [0.1, 0.15) is 39.0 Å². The van der Waals surface area contributed by atoms with Crippen molar-refractivity contribution in [2.24, 2.45) is 5.73 Å². The van der Waals surface area contributed by atoms with Crippen molar-refractivity contribution in [2.75, 3.05) is 13.2 Å². The molecule has 0 unspecified atom stereocenters. The molecule has 20 heavy (non-hydrogen) atoms. The molecule has 5 nitrogen and oxygen atoms in total. The highest BCUT2D eigenvalue weighted by Gasteiger charge is 2.13. The molecule has 0 atom stereocenters. The number of pyridine rings is 1. The predicted octanol–water partition coefficient (Wildman–Crippen LogP) is 2.17. The zero-order valence-corrected chi connectivity index (χ0v) is 13.1. The molecular formula is C15H26N4O. The van der Waals surface area contributed by atoms with E-state index in [2.05, 4.69) is 37.6 Å². The lowest BCUT2D eigenvalue weighted by atomic mass is 10.2. The Morgan fingerprint density at radius 2 is 1.90 bits per heavy atom. The number of hydrogen-bond donors (Lipinski definition) is 2. The van der Waals surface area contributed by atoms with Gasteiger partial charge in [0.2, 0.25) is 5.88 Å². The number of nitrogens with zero attached hydrogens (tertiary/aromatic N) is 2. The maximum Gasteiger partial charge on any atom is 0.214 e. The molecule has 1 rings (SSSR count). The first-order valence-corrected chi connectivity index (χ1v) is 7.03. The minimum Gasteiger partial charge on any atom is -0.476 e. The Balaban J connectivity index is 2.64. The monoisotopic (exact) mass is 278 g/mol. The summed E-state index contributed by atoms with van der Waals surface area (Å²) in [5.74, 6) is 0.564. The number of nitrogens with two attached hydrogens (primary N) is 1. The van der Waals surface area contributed by atoms with Gasteiger partial charge in [-0.2, -0.15) is 0 Å². The molecule has 0 aliphatic rings. The smallest absolute Gasteiger partial charge is 0.214 e. The van der Waals surface area contributed by atoms with Crippen molar-refractivity contribution in [3.05, 3.63) is 23.4 Å². The van der Waals surface area contributed by atoms with Crippen LogP contribution in [0.4, 0.5) is 0 Å². The lowest BCUT2D eigenvalue weighted by Crippen LogP contribution is -2.39. The molecule has 0 saturated heterocycles. The summed E-state index contributed by atoms with van der Waals surface area (Å²) in [6.45, 7) is 12.0. The van der Waals surface area contributed by atoms with E-state index in [1.165, 1.54) is 0 Å². The summed E-state index contributed by atoms with van der Waals surface area (Å²) in [7, 11) is 0. The van der Waals surface area contributed by atoms with E-state index >= 15 is 0 Å². The molecule has 3 N–H and O–H groups in total. The Morgan fingerprint density at radius 3 is 2.40 bits per heavy atom. The molecule has 0 aromatic carbocycles. The first-order valence-electron chi connectivity index (χ1n) is 7.03. The van der Waals surface area contributed by atoms with Crippen molar-refractivity contribution in [2.45, 2.75) is 46.7 Å². The Hall–Kier alpha value is -1.62. The average molecular weight is 278 g/mol. The molecule has 0 aliphatic carbocycles. The van der Waals surface area contributed by atoms with E-state index in [9.17, 15) is 0 Å². The van der Waals surface area contributed by atoms with Crippen LogP contribution in [0.2, 0.25) is 0 Å². The van der Waals surface area contributed by atoms with Crippen molar-refractivity contribution in [3.8, 4) is 5.88 Å². The number of hydrogen-bond acceptors (Lipinski definition) is 4. The van der Waals surface area contributed by atoms with Gasteiger partial charge in [0.15, 0.2) is 0 Å². The molecule has 0 amide bonds. The third-order valence-electron chi connectivity index (χ3n) is 3.17. The molecule has 5 heteroatoms. The largest absolute Gasteiger partial charge is 0.476 e. The van der Waals surface area contributed by atoms with Gasteiger partial charge in [-0.1, -0.05) is 0 Å². The number of amidine groups is 1. The molecule has 1 aromatic rings. The summed E-state index contributed by atoms with van der Waals surface area (Å²) in [6, 6.07) is 4.46. The minimum absolute atomic E-state index is 0.0336. The van der Waals surface area contributed by atoms with E-state index < -0.39 is 0 Å². The molecule has 0 aliphatic heterocycles. The van der Waals surface area contributed by atoms with Crippen molar-refractivity contribution in [3.63, 3.8) is 0 Å². The lowest BCUT2D eigenvalue weighted by molar-refractivity contribution is 0.140. The van der Waals surface area contributed by atoms with E-state index in [0.717, 1.165) is 12.2 Å². The second-order valence-corrected chi connectivity index (χ2v) is 5.52. The lowest BCUT2D eigenvalue weighted by Gasteiger charge is -2.30. The molecule has 1 heterocycles. The van der Waals surface area contributed by atoms with Crippen molar-refractivity contribution < 1.29 is 4.74 Å². The van der Waals surface area contributed by atoms with Gasteiger partial charge in [-0.3, -0.25) is 10.3 Å². The van der Waals surface area contributed by atoms with E-state index in [4.69, 9.17) is 15.9 Å². The quantitative estimate of drug-likeness (QED) is 0.592. The van der Waals surface area contributed by atoms with Crippen molar-refractivity contribution >= 4 is 5.84 Å². The zero-order valence-electron chi connectivity index (χ0n) is 13.1. The van der Waals surface area contributed by atoms with E-state index in [0.29, 0.717) is 30.1 Å². The van der Waals surface area contributed by atoms with Crippen LogP contribution in [0.5, 0.6) is 5.88 Å². The fraction of sp³-hybridized carbons (Fsp3) is 0.600. The van der Waals surface area contributed by atoms with Gasteiger partial charge in [0, 0.05) is 36.0 Å². The highest BCUT2D eigenvalue weighted by Crippen LogP contribution is 2.12. The summed E-state index contributed by atoms with van der Waals surface area (Å²) in [5, 5.41) is 7.47. The number of nitrogen functional groups attached to an aromatic ring is 1. The number of aryl methyl sites for hydroxylation is 1. The van der Waals surface area contributed by atoms with Crippen LogP contribution in [0.25, 0.3) is 0 Å². The number of rotatable bonds is 7. The van der Waals surface area contributed by atoms with E-state index in [-0.39, 0.29) is 5.84 Å². The molecule has 112 valence electrons. The Kier molecular flexibility index (Phi) is 5.95. The summed E-state index contributed by atoms with van der Waals surface area (Å²) >= 11 is 0. The highest BCUT2D eigenvalue weighted by atomic mass is 16.5. The van der Waals surface area contributed by atoms with Crippen LogP contribution in [-0.4, -0.2) is 41.0 Å². The van der Waals surface area contributed by atoms with Gasteiger partial charge in [-0.05, 0) is 40.7 Å². The summed E-state index contributed by atoms with van der Waals surface area (Å²) in [4.78, 5) is 6.67. The number of ether oxygens (including phenoxy) is 1. The fourth-order valence-corrected chi connectivity index (χ4v) is 2.24. The van der Waals surface area contributed by atoms with Crippen LogP contribution in [0.3, 0.4) is 0 Å². The maximum absolute atomic E-state index is 7.47. The minimum atomic E-state index is 0.0336.